The highest BCUT2D eigenvalue weighted by Crippen LogP contribution is 2.36. The fourth-order valence-electron chi connectivity index (χ4n) is 2.26. The van der Waals surface area contributed by atoms with Gasteiger partial charge in [-0.2, -0.15) is 4.39 Å². The smallest absolute Gasteiger partial charge is 0.325 e. The number of H-pyrrole nitrogens is 2. The van der Waals surface area contributed by atoms with Gasteiger partial charge in [-0.3, -0.25) is 19.9 Å². The van der Waals surface area contributed by atoms with E-state index in [1.165, 1.54) is 0 Å². The molecule has 0 atom stereocenters. The average Bonchev–Trinajstić information content (AvgIpc) is 2.93. The van der Waals surface area contributed by atoms with E-state index in [9.17, 15) is 18.8 Å². The Morgan fingerprint density at radius 2 is 1.92 bits per heavy atom. The molecule has 1 aromatic heterocycles. The third-order valence-corrected chi connectivity index (χ3v) is 4.25. The van der Waals surface area contributed by atoms with Crippen molar-refractivity contribution in [1.82, 2.24) is 20.2 Å². The normalized spacial score (nSPS) is 14.8. The van der Waals surface area contributed by atoms with Crippen LogP contribution in [0.1, 0.15) is 5.56 Å². The lowest BCUT2D eigenvalue weighted by Crippen LogP contribution is -2.32. The molecule has 2 aliphatic heterocycles. The average molecular weight is 386 g/mol. The lowest BCUT2D eigenvalue weighted by molar-refractivity contribution is -0.118. The van der Waals surface area contributed by atoms with Gasteiger partial charge in [0, 0.05) is 11.8 Å². The highest BCUT2D eigenvalue weighted by molar-refractivity contribution is 6.42. The molecule has 0 radical (unpaired) electrons. The Kier molecular flexibility index (Phi) is 4.60. The largest absolute Gasteiger partial charge is 0.329 e. The molecule has 0 aliphatic carbocycles. The first-order valence-corrected chi connectivity index (χ1v) is 7.68. The molecule has 0 unspecified atom stereocenters. The quantitative estimate of drug-likeness (QED) is 0.631. The summed E-state index contributed by atoms with van der Waals surface area (Å²) in [6.45, 7) is 0.882. The lowest BCUT2D eigenvalue weighted by atomic mass is 10.1. The molecule has 25 heavy (non-hydrogen) atoms. The van der Waals surface area contributed by atoms with Crippen LogP contribution in [0.15, 0.2) is 32.9 Å². The molecule has 3 heterocycles. The summed E-state index contributed by atoms with van der Waals surface area (Å²) in [5, 5.41) is 3.72. The fourth-order valence-corrected chi connectivity index (χ4v) is 2.65. The molecule has 0 spiro atoms. The standard InChI is InChI=1S/C10H7Cl2N3O.C4H3FN2O2/c11-6-1-2-7-5(9(6)12)3-15-4-8(16)14-10(15)13-7;5-2-1-6-4(9)7-3(2)8/h1-2H,3-4H2,(H,13,14,16);1H,(H2,6,7,8,9). The molecule has 3 N–H and O–H groups in total. The Hall–Kier alpha value is -2.65. The van der Waals surface area contributed by atoms with E-state index in [-0.39, 0.29) is 5.91 Å². The molecular formula is C14H10Cl2FN5O3. The number of hydrogen-bond donors (Lipinski definition) is 3. The van der Waals surface area contributed by atoms with Gasteiger partial charge in [0.15, 0.2) is 0 Å². The summed E-state index contributed by atoms with van der Waals surface area (Å²) in [5.41, 5.74) is -0.0718. The lowest BCUT2D eigenvalue weighted by Gasteiger charge is -2.23. The van der Waals surface area contributed by atoms with Crippen molar-refractivity contribution >= 4 is 40.8 Å². The summed E-state index contributed by atoms with van der Waals surface area (Å²) in [7, 11) is 0. The number of aromatic nitrogens is 2. The predicted molar refractivity (Wildman–Crippen MR) is 89.8 cm³/mol. The zero-order chi connectivity index (χ0) is 18.1. The second-order valence-electron chi connectivity index (χ2n) is 5.12. The van der Waals surface area contributed by atoms with Crippen molar-refractivity contribution in [2.24, 2.45) is 4.99 Å². The minimum absolute atomic E-state index is 0.0474. The van der Waals surface area contributed by atoms with Crippen molar-refractivity contribution in [3.63, 3.8) is 0 Å². The van der Waals surface area contributed by atoms with Gasteiger partial charge in [0.2, 0.25) is 17.7 Å². The number of halogens is 3. The molecule has 2 aromatic rings. The van der Waals surface area contributed by atoms with Crippen molar-refractivity contribution in [3.8, 4) is 0 Å². The number of nitrogens with zero attached hydrogens (tertiary/aromatic N) is 2. The Morgan fingerprint density at radius 3 is 2.60 bits per heavy atom. The van der Waals surface area contributed by atoms with Crippen molar-refractivity contribution in [2.45, 2.75) is 6.54 Å². The minimum Gasteiger partial charge on any atom is -0.329 e. The van der Waals surface area contributed by atoms with E-state index in [0.29, 0.717) is 35.3 Å². The molecule has 1 aromatic carbocycles. The summed E-state index contributed by atoms with van der Waals surface area (Å²) < 4.78 is 12.0. The Balaban J connectivity index is 0.000000173. The first-order chi connectivity index (χ1) is 11.8. The molecule has 0 bridgehead atoms. The molecule has 11 heteroatoms. The van der Waals surface area contributed by atoms with E-state index >= 15 is 0 Å². The van der Waals surface area contributed by atoms with Gasteiger partial charge < -0.3 is 9.88 Å². The zero-order valence-corrected chi connectivity index (χ0v) is 13.9. The molecule has 1 amide bonds. The van der Waals surface area contributed by atoms with Gasteiger partial charge in [0.1, 0.15) is 6.54 Å². The Morgan fingerprint density at radius 1 is 1.16 bits per heavy atom. The number of aromatic amines is 2. The highest BCUT2D eigenvalue weighted by atomic mass is 35.5. The maximum absolute atomic E-state index is 12.0. The van der Waals surface area contributed by atoms with Crippen molar-refractivity contribution in [1.29, 1.82) is 0 Å². The number of nitrogens with one attached hydrogen (secondary N) is 3. The SMILES string of the molecule is O=C1CN2Cc3c(ccc(Cl)c3Cl)N=C2N1.O=c1[nH]cc(F)c(=O)[nH]1. The molecule has 0 saturated carbocycles. The second-order valence-corrected chi connectivity index (χ2v) is 5.90. The molecule has 8 nitrogen and oxygen atoms in total. The Labute approximate surface area is 149 Å². The molecule has 1 fully saturated rings. The van der Waals surface area contributed by atoms with Crippen molar-refractivity contribution in [3.05, 3.63) is 60.6 Å². The maximum atomic E-state index is 12.0. The monoisotopic (exact) mass is 385 g/mol. The number of amides is 1. The van der Waals surface area contributed by atoms with Crippen LogP contribution in [0, 0.1) is 5.82 Å². The number of guanidine groups is 1. The predicted octanol–water partition coefficient (Wildman–Crippen LogP) is 1.13. The van der Waals surface area contributed by atoms with E-state index in [4.69, 9.17) is 23.2 Å². The van der Waals surface area contributed by atoms with Crippen LogP contribution in [0.2, 0.25) is 10.0 Å². The number of carbonyl (C=O) groups is 1. The maximum Gasteiger partial charge on any atom is 0.325 e. The first kappa shape index (κ1) is 17.2. The van der Waals surface area contributed by atoms with Crippen LogP contribution in [-0.2, 0) is 11.3 Å². The van der Waals surface area contributed by atoms with Crippen LogP contribution in [0.25, 0.3) is 0 Å². The van der Waals surface area contributed by atoms with Crippen LogP contribution >= 0.6 is 23.2 Å². The molecule has 1 saturated heterocycles. The van der Waals surface area contributed by atoms with E-state index in [2.05, 4.69) is 10.3 Å². The number of aliphatic imine (C=N–C) groups is 1. The van der Waals surface area contributed by atoms with Gasteiger partial charge in [0.25, 0.3) is 5.56 Å². The zero-order valence-electron chi connectivity index (χ0n) is 12.4. The topological polar surface area (TPSA) is 110 Å². The molecule has 4 rings (SSSR count). The Bertz CT molecular complexity index is 1000. The van der Waals surface area contributed by atoms with Crippen LogP contribution in [-0.4, -0.2) is 33.3 Å². The van der Waals surface area contributed by atoms with Crippen LogP contribution in [0.4, 0.5) is 10.1 Å². The number of carbonyl (C=O) groups excluding carboxylic acids is 1. The van der Waals surface area contributed by atoms with Gasteiger partial charge in [-0.25, -0.2) is 9.79 Å². The first-order valence-electron chi connectivity index (χ1n) is 6.93. The molecule has 2 aliphatic rings. The van der Waals surface area contributed by atoms with Crippen LogP contribution in [0.5, 0.6) is 0 Å². The van der Waals surface area contributed by atoms with Crippen LogP contribution < -0.4 is 16.6 Å². The van der Waals surface area contributed by atoms with Gasteiger partial charge in [0.05, 0.1) is 22.3 Å². The van der Waals surface area contributed by atoms with E-state index in [0.717, 1.165) is 11.3 Å². The third kappa shape index (κ3) is 3.57. The summed E-state index contributed by atoms with van der Waals surface area (Å²) in [4.78, 5) is 41.4. The number of rotatable bonds is 0. The number of benzene rings is 1. The molecular weight excluding hydrogens is 376 g/mol. The van der Waals surface area contributed by atoms with Crippen LogP contribution in [0.3, 0.4) is 0 Å². The summed E-state index contributed by atoms with van der Waals surface area (Å²) >= 11 is 12.0. The van der Waals surface area contributed by atoms with Crippen molar-refractivity contribution in [2.75, 3.05) is 6.54 Å². The summed E-state index contributed by atoms with van der Waals surface area (Å²) in [6.07, 6.45) is 0.709. The van der Waals surface area contributed by atoms with Gasteiger partial charge in [-0.05, 0) is 12.1 Å². The minimum atomic E-state index is -1.00. The summed E-state index contributed by atoms with van der Waals surface area (Å²) in [6, 6.07) is 3.51. The second kappa shape index (κ2) is 6.69. The highest BCUT2D eigenvalue weighted by Gasteiger charge is 2.30. The third-order valence-electron chi connectivity index (χ3n) is 3.41. The molecule has 130 valence electrons. The van der Waals surface area contributed by atoms with Gasteiger partial charge in [-0.1, -0.05) is 23.2 Å². The van der Waals surface area contributed by atoms with E-state index < -0.39 is 17.1 Å². The van der Waals surface area contributed by atoms with E-state index in [1.807, 2.05) is 9.88 Å². The number of fused-ring (bicyclic) bond motifs is 2. The van der Waals surface area contributed by atoms with Crippen molar-refractivity contribution < 1.29 is 9.18 Å². The van der Waals surface area contributed by atoms with E-state index in [1.54, 1.807) is 17.1 Å². The van der Waals surface area contributed by atoms with Gasteiger partial charge in [-0.15, -0.1) is 0 Å². The summed E-state index contributed by atoms with van der Waals surface area (Å²) in [5.74, 6) is -0.445. The van der Waals surface area contributed by atoms with Gasteiger partial charge >= 0.3 is 5.69 Å². The fraction of sp³-hybridized carbons (Fsp3) is 0.143. The number of hydrogen-bond acceptors (Lipinski definition) is 5.